The van der Waals surface area contributed by atoms with E-state index in [0.29, 0.717) is 12.8 Å². The van der Waals surface area contributed by atoms with Crippen molar-refractivity contribution in [2.24, 2.45) is 0 Å². The molecular weight excluding hydrogens is 823 g/mol. The number of allylic oxidation sites excluding steroid dienone is 18. The van der Waals surface area contributed by atoms with Gasteiger partial charge in [-0.25, -0.2) is 0 Å². The van der Waals surface area contributed by atoms with Crippen LogP contribution in [0, 0.1) is 0 Å². The molecule has 8 heteroatoms. The normalized spacial score (nSPS) is 13.8. The van der Waals surface area contributed by atoms with Crippen LogP contribution in [0.2, 0.25) is 0 Å². The molecule has 374 valence electrons. The van der Waals surface area contributed by atoms with Gasteiger partial charge in [-0.1, -0.05) is 181 Å². The van der Waals surface area contributed by atoms with Crippen molar-refractivity contribution < 1.29 is 38.2 Å². The van der Waals surface area contributed by atoms with Crippen molar-refractivity contribution >= 4 is 17.9 Å². The first-order valence-corrected chi connectivity index (χ1v) is 25.9. The molecule has 0 N–H and O–H groups in total. The number of carboxylic acids is 1. The molecule has 0 radical (unpaired) electrons. The van der Waals surface area contributed by atoms with Crippen LogP contribution in [0.1, 0.15) is 187 Å². The third kappa shape index (κ3) is 45.2. The zero-order chi connectivity index (χ0) is 48.4. The SMILES string of the molecule is CC/C=C/C/C=C/C/C=C/C/C=C/C/C=C/C/C=C/CCCC(=O)OCC(COCCC(C(=O)[O-])[N+](C)(C)C)OC(=O)CCCCCCCCCCC/C=C/C/C=C/C/C=C/CCCCC. The molecule has 0 aliphatic carbocycles. The van der Waals surface area contributed by atoms with Crippen molar-refractivity contribution in [2.45, 2.75) is 199 Å². The molecule has 0 saturated heterocycles. The molecule has 0 bridgehead atoms. The van der Waals surface area contributed by atoms with Crippen molar-refractivity contribution in [3.05, 3.63) is 109 Å². The van der Waals surface area contributed by atoms with E-state index in [9.17, 15) is 19.5 Å². The summed E-state index contributed by atoms with van der Waals surface area (Å²) in [4.78, 5) is 37.0. The number of carboxylic acid groups (broad SMARTS) is 1. The first kappa shape index (κ1) is 62.0. The number of carbonyl (C=O) groups excluding carboxylic acids is 3. The molecular formula is C58H95NO7. The van der Waals surface area contributed by atoms with Crippen LogP contribution in [0.25, 0.3) is 0 Å². The fraction of sp³-hybridized carbons (Fsp3) is 0.638. The number of unbranched alkanes of at least 4 members (excludes halogenated alkanes) is 13. The Labute approximate surface area is 404 Å². The second-order valence-corrected chi connectivity index (χ2v) is 18.0. The van der Waals surface area contributed by atoms with Gasteiger partial charge in [0, 0.05) is 19.3 Å². The third-order valence-electron chi connectivity index (χ3n) is 10.9. The van der Waals surface area contributed by atoms with Gasteiger partial charge in [-0.05, 0) is 96.3 Å². The van der Waals surface area contributed by atoms with E-state index < -0.39 is 18.1 Å². The molecule has 0 spiro atoms. The van der Waals surface area contributed by atoms with Crippen molar-refractivity contribution in [3.63, 3.8) is 0 Å². The number of esters is 2. The van der Waals surface area contributed by atoms with E-state index >= 15 is 0 Å². The molecule has 2 unspecified atom stereocenters. The molecule has 0 aliphatic rings. The van der Waals surface area contributed by atoms with Gasteiger partial charge < -0.3 is 28.6 Å². The molecule has 8 nitrogen and oxygen atoms in total. The van der Waals surface area contributed by atoms with Crippen molar-refractivity contribution in [1.82, 2.24) is 0 Å². The van der Waals surface area contributed by atoms with E-state index in [1.807, 2.05) is 0 Å². The van der Waals surface area contributed by atoms with E-state index in [2.05, 4.69) is 123 Å². The lowest BCUT2D eigenvalue weighted by atomic mass is 10.1. The van der Waals surface area contributed by atoms with Gasteiger partial charge in [0.1, 0.15) is 12.6 Å². The maximum atomic E-state index is 12.8. The standard InChI is InChI=1S/C58H95NO7/c1-6-8-10-12-14-16-18-20-22-24-26-28-29-31-33-35-37-39-41-43-45-47-49-57(61)66-54(52-64-51-50-55(58(62)63)59(3,4)5)53-65-56(60)48-46-44-42-40-38-36-34-32-30-27-25-23-21-19-17-15-13-11-9-7-2/h9,11,14-17,20-23,26-28,30,34,36,40,42,54-55H,6-8,10,12-13,18-19,24-25,29,31-33,35,37-39,41,43-53H2,1-5H3/b11-9+,16-14+,17-15+,22-20+,23-21+,28-26+,30-27+,36-34+,42-40+. The van der Waals surface area contributed by atoms with Crippen LogP contribution < -0.4 is 5.11 Å². The smallest absolute Gasteiger partial charge is 0.306 e. The van der Waals surface area contributed by atoms with Crippen LogP contribution in [-0.4, -0.2) is 75.5 Å². The van der Waals surface area contributed by atoms with Gasteiger partial charge in [0.2, 0.25) is 0 Å². The Hall–Kier alpha value is -4.01. The first-order chi connectivity index (χ1) is 32.1. The lowest BCUT2D eigenvalue weighted by molar-refractivity contribution is -0.889. The minimum Gasteiger partial charge on any atom is -0.544 e. The maximum absolute atomic E-state index is 12.8. The zero-order valence-electron chi connectivity index (χ0n) is 42.6. The van der Waals surface area contributed by atoms with Gasteiger partial charge in [0.05, 0.1) is 40.3 Å². The Kier molecular flexibility index (Phi) is 44.6. The predicted octanol–water partition coefficient (Wildman–Crippen LogP) is 13.9. The van der Waals surface area contributed by atoms with E-state index in [1.54, 1.807) is 21.1 Å². The van der Waals surface area contributed by atoms with E-state index in [4.69, 9.17) is 14.2 Å². The summed E-state index contributed by atoms with van der Waals surface area (Å²) in [6, 6.07) is -0.743. The molecule has 0 aromatic carbocycles. The van der Waals surface area contributed by atoms with Gasteiger partial charge in [0.15, 0.2) is 6.10 Å². The average Bonchev–Trinajstić information content (AvgIpc) is 3.28. The number of carbonyl (C=O) groups is 3. The summed E-state index contributed by atoms with van der Waals surface area (Å²) in [5.74, 6) is -1.83. The van der Waals surface area contributed by atoms with Crippen molar-refractivity contribution in [3.8, 4) is 0 Å². The number of hydrogen-bond donors (Lipinski definition) is 0. The largest absolute Gasteiger partial charge is 0.544 e. The topological polar surface area (TPSA) is 102 Å². The maximum Gasteiger partial charge on any atom is 0.306 e. The minimum atomic E-state index is -1.14. The van der Waals surface area contributed by atoms with E-state index in [0.717, 1.165) is 83.5 Å². The fourth-order valence-corrected chi connectivity index (χ4v) is 6.91. The van der Waals surface area contributed by atoms with Gasteiger partial charge >= 0.3 is 11.9 Å². The summed E-state index contributed by atoms with van der Waals surface area (Å²) < 4.78 is 17.2. The van der Waals surface area contributed by atoms with Gasteiger partial charge in [-0.3, -0.25) is 9.59 Å². The third-order valence-corrected chi connectivity index (χ3v) is 10.9. The number of quaternary nitrogens is 1. The number of nitrogens with zero attached hydrogens (tertiary/aromatic N) is 1. The lowest BCUT2D eigenvalue weighted by Gasteiger charge is -2.34. The highest BCUT2D eigenvalue weighted by Gasteiger charge is 2.25. The Bertz CT molecular complexity index is 1440. The summed E-state index contributed by atoms with van der Waals surface area (Å²) in [6.07, 6.45) is 65.5. The molecule has 0 saturated carbocycles. The highest BCUT2D eigenvalue weighted by atomic mass is 16.6. The average molecular weight is 918 g/mol. The summed E-state index contributed by atoms with van der Waals surface area (Å²) in [6.45, 7) is 4.45. The first-order valence-electron chi connectivity index (χ1n) is 25.9. The highest BCUT2D eigenvalue weighted by Crippen LogP contribution is 2.14. The number of aliphatic carboxylic acids is 1. The van der Waals surface area contributed by atoms with Crippen LogP contribution in [0.5, 0.6) is 0 Å². The quantitative estimate of drug-likeness (QED) is 0.0259. The second-order valence-electron chi connectivity index (χ2n) is 18.0. The van der Waals surface area contributed by atoms with Gasteiger partial charge in [0.25, 0.3) is 0 Å². The van der Waals surface area contributed by atoms with Crippen LogP contribution >= 0.6 is 0 Å². The number of rotatable bonds is 45. The second kappa shape index (κ2) is 47.5. The predicted molar refractivity (Wildman–Crippen MR) is 277 cm³/mol. The fourth-order valence-electron chi connectivity index (χ4n) is 6.91. The molecule has 2 atom stereocenters. The highest BCUT2D eigenvalue weighted by molar-refractivity contribution is 5.70. The Morgan fingerprint density at radius 3 is 1.30 bits per heavy atom. The summed E-state index contributed by atoms with van der Waals surface area (Å²) in [5.41, 5.74) is 0. The van der Waals surface area contributed by atoms with E-state index in [1.165, 1.54) is 64.2 Å². The molecule has 66 heavy (non-hydrogen) atoms. The van der Waals surface area contributed by atoms with Crippen LogP contribution in [-0.2, 0) is 28.6 Å². The van der Waals surface area contributed by atoms with E-state index in [-0.39, 0.29) is 49.1 Å². The number of ether oxygens (including phenoxy) is 3. The Morgan fingerprint density at radius 1 is 0.470 bits per heavy atom. The summed E-state index contributed by atoms with van der Waals surface area (Å²) in [7, 11) is 5.39. The van der Waals surface area contributed by atoms with Crippen LogP contribution in [0.3, 0.4) is 0 Å². The molecule has 0 rings (SSSR count). The number of likely N-dealkylation sites (N-methyl/N-ethyl adjacent to an activating group) is 1. The molecule has 0 aromatic rings. The summed E-state index contributed by atoms with van der Waals surface area (Å²) >= 11 is 0. The molecule has 0 fully saturated rings. The zero-order valence-corrected chi connectivity index (χ0v) is 42.6. The lowest BCUT2D eigenvalue weighted by Crippen LogP contribution is -2.55. The molecule has 0 aliphatic heterocycles. The molecule has 0 heterocycles. The Morgan fingerprint density at radius 2 is 0.864 bits per heavy atom. The Balaban J connectivity index is 4.37. The summed E-state index contributed by atoms with van der Waals surface area (Å²) in [5, 5.41) is 11.7. The number of hydrogen-bond acceptors (Lipinski definition) is 7. The monoisotopic (exact) mass is 918 g/mol. The van der Waals surface area contributed by atoms with Crippen molar-refractivity contribution in [2.75, 3.05) is 41.0 Å². The minimum absolute atomic E-state index is 0.0134. The van der Waals surface area contributed by atoms with Crippen LogP contribution in [0.15, 0.2) is 109 Å². The van der Waals surface area contributed by atoms with Crippen molar-refractivity contribution in [1.29, 1.82) is 0 Å². The van der Waals surface area contributed by atoms with Gasteiger partial charge in [-0.2, -0.15) is 0 Å². The molecule has 0 amide bonds. The molecule has 0 aromatic heterocycles. The van der Waals surface area contributed by atoms with Gasteiger partial charge in [-0.15, -0.1) is 0 Å². The van der Waals surface area contributed by atoms with Crippen LogP contribution in [0.4, 0.5) is 0 Å².